The molecule has 0 spiro atoms. The van der Waals surface area contributed by atoms with Crippen LogP contribution in [-0.4, -0.2) is 25.2 Å². The smallest absolute Gasteiger partial charge is 0.323 e. The Morgan fingerprint density at radius 1 is 1.19 bits per heavy atom. The minimum atomic E-state index is -1.23. The topological polar surface area (TPSA) is 52.6 Å². The summed E-state index contributed by atoms with van der Waals surface area (Å²) >= 11 is 1.62. The second kappa shape index (κ2) is 8.17. The first-order chi connectivity index (χ1) is 9.98. The molecular weight excluding hydrogens is 288 g/mol. The highest BCUT2D eigenvalue weighted by Gasteiger charge is 2.51. The van der Waals surface area contributed by atoms with Crippen molar-refractivity contribution in [1.82, 2.24) is 0 Å². The summed E-state index contributed by atoms with van der Waals surface area (Å²) < 4.78 is 10.3. The van der Waals surface area contributed by atoms with Crippen LogP contribution < -0.4 is 0 Å². The Balaban J connectivity index is 3.04. The summed E-state index contributed by atoms with van der Waals surface area (Å²) in [4.78, 5) is 26.1. The van der Waals surface area contributed by atoms with Crippen molar-refractivity contribution in [1.29, 1.82) is 0 Å². The van der Waals surface area contributed by atoms with Crippen molar-refractivity contribution in [3.8, 4) is 0 Å². The minimum Gasteiger partial charge on any atom is -0.465 e. The molecule has 1 heterocycles. The lowest BCUT2D eigenvalue weighted by atomic mass is 9.73. The van der Waals surface area contributed by atoms with Crippen LogP contribution in [0, 0.1) is 11.3 Å². The lowest BCUT2D eigenvalue weighted by Gasteiger charge is -2.32. The van der Waals surface area contributed by atoms with Crippen LogP contribution in [0.15, 0.2) is 17.5 Å². The zero-order valence-corrected chi connectivity index (χ0v) is 14.0. The lowest BCUT2D eigenvalue weighted by molar-refractivity contribution is -0.176. The van der Waals surface area contributed by atoms with E-state index < -0.39 is 17.4 Å². The fraction of sp³-hybridized carbons (Fsp3) is 0.625. The van der Waals surface area contributed by atoms with Crippen molar-refractivity contribution >= 4 is 23.3 Å². The maximum Gasteiger partial charge on any atom is 0.323 e. The monoisotopic (exact) mass is 312 g/mol. The second-order valence-electron chi connectivity index (χ2n) is 5.15. The molecule has 0 radical (unpaired) electrons. The average molecular weight is 312 g/mol. The number of rotatable bonds is 8. The van der Waals surface area contributed by atoms with Crippen molar-refractivity contribution in [2.45, 2.75) is 40.5 Å². The molecule has 1 aromatic heterocycles. The van der Waals surface area contributed by atoms with Gasteiger partial charge < -0.3 is 9.47 Å². The van der Waals surface area contributed by atoms with E-state index in [1.165, 1.54) is 0 Å². The van der Waals surface area contributed by atoms with Gasteiger partial charge in [-0.15, -0.1) is 11.3 Å². The molecule has 0 aliphatic carbocycles. The summed E-state index contributed by atoms with van der Waals surface area (Å²) in [6.07, 6.45) is 1.07. The third-order valence-electron chi connectivity index (χ3n) is 3.61. The van der Waals surface area contributed by atoms with Gasteiger partial charge >= 0.3 is 11.9 Å². The molecule has 0 bridgehead atoms. The predicted molar refractivity (Wildman–Crippen MR) is 83.2 cm³/mol. The van der Waals surface area contributed by atoms with E-state index in [9.17, 15) is 9.59 Å². The lowest BCUT2D eigenvalue weighted by Crippen LogP contribution is -2.46. The highest BCUT2D eigenvalue weighted by Crippen LogP contribution is 2.36. The number of carbonyl (C=O) groups is 2. The van der Waals surface area contributed by atoms with Gasteiger partial charge in [0.25, 0.3) is 0 Å². The normalized spacial score (nSPS) is 11.5. The van der Waals surface area contributed by atoms with E-state index >= 15 is 0 Å². The molecule has 0 fully saturated rings. The summed E-state index contributed by atoms with van der Waals surface area (Å²) in [6.45, 7) is 7.72. The van der Waals surface area contributed by atoms with Crippen molar-refractivity contribution in [2.75, 3.05) is 13.2 Å². The van der Waals surface area contributed by atoms with Gasteiger partial charge in [-0.05, 0) is 44.1 Å². The van der Waals surface area contributed by atoms with Crippen LogP contribution in [0.2, 0.25) is 0 Å². The molecule has 0 aliphatic rings. The summed E-state index contributed by atoms with van der Waals surface area (Å²) in [5.41, 5.74) is -1.23. The van der Waals surface area contributed by atoms with E-state index in [2.05, 4.69) is 0 Å². The van der Waals surface area contributed by atoms with Crippen molar-refractivity contribution in [3.05, 3.63) is 22.4 Å². The number of esters is 2. The van der Waals surface area contributed by atoms with Gasteiger partial charge in [-0.1, -0.05) is 19.9 Å². The Kier molecular flexibility index (Phi) is 6.89. The van der Waals surface area contributed by atoms with Crippen LogP contribution >= 0.6 is 11.3 Å². The van der Waals surface area contributed by atoms with Gasteiger partial charge in [0.1, 0.15) is 0 Å². The zero-order valence-electron chi connectivity index (χ0n) is 13.2. The fourth-order valence-electron chi connectivity index (χ4n) is 2.34. The van der Waals surface area contributed by atoms with Gasteiger partial charge in [-0.25, -0.2) is 0 Å². The molecule has 1 aromatic rings. The highest BCUT2D eigenvalue weighted by molar-refractivity contribution is 7.09. The maximum absolute atomic E-state index is 12.5. The Labute approximate surface area is 130 Å². The van der Waals surface area contributed by atoms with Crippen LogP contribution in [0.3, 0.4) is 0 Å². The minimum absolute atomic E-state index is 0.185. The van der Waals surface area contributed by atoms with E-state index in [-0.39, 0.29) is 19.1 Å². The molecular formula is C16H24O4S. The Hall–Kier alpha value is -1.36. The zero-order chi connectivity index (χ0) is 15.9. The Morgan fingerprint density at radius 3 is 2.14 bits per heavy atom. The summed E-state index contributed by atoms with van der Waals surface area (Å²) in [5, 5.41) is 1.99. The third kappa shape index (κ3) is 4.06. The van der Waals surface area contributed by atoms with Gasteiger partial charge in [-0.3, -0.25) is 9.59 Å². The quantitative estimate of drug-likeness (QED) is 0.545. The van der Waals surface area contributed by atoms with E-state index in [0.29, 0.717) is 12.8 Å². The highest BCUT2D eigenvalue weighted by atomic mass is 32.1. The molecule has 4 nitrogen and oxygen atoms in total. The first kappa shape index (κ1) is 17.7. The molecule has 0 amide bonds. The van der Waals surface area contributed by atoms with Crippen molar-refractivity contribution < 1.29 is 19.1 Å². The fourth-order valence-corrected chi connectivity index (χ4v) is 3.05. The van der Waals surface area contributed by atoms with Crippen LogP contribution in [0.25, 0.3) is 0 Å². The third-order valence-corrected chi connectivity index (χ3v) is 4.55. The number of ether oxygens (including phenoxy) is 2. The van der Waals surface area contributed by atoms with E-state index in [1.54, 1.807) is 25.2 Å². The summed E-state index contributed by atoms with van der Waals surface area (Å²) in [7, 11) is 0. The van der Waals surface area contributed by atoms with E-state index in [0.717, 1.165) is 4.88 Å². The van der Waals surface area contributed by atoms with Crippen molar-refractivity contribution in [3.63, 3.8) is 0 Å². The van der Waals surface area contributed by atoms with E-state index in [4.69, 9.17) is 9.47 Å². The molecule has 0 atom stereocenters. The van der Waals surface area contributed by atoms with Gasteiger partial charge in [0.2, 0.25) is 0 Å². The summed E-state index contributed by atoms with van der Waals surface area (Å²) in [6, 6.07) is 3.97. The maximum atomic E-state index is 12.5. The first-order valence-corrected chi connectivity index (χ1v) is 8.23. The molecule has 21 heavy (non-hydrogen) atoms. The molecule has 0 aliphatic heterocycles. The average Bonchev–Trinajstić information content (AvgIpc) is 2.93. The predicted octanol–water partition coefficient (Wildman–Crippen LogP) is 3.45. The van der Waals surface area contributed by atoms with E-state index in [1.807, 2.05) is 31.4 Å². The number of hydrogen-bond donors (Lipinski definition) is 0. The molecule has 0 aromatic carbocycles. The van der Waals surface area contributed by atoms with Crippen LogP contribution in [0.5, 0.6) is 0 Å². The molecule has 0 unspecified atom stereocenters. The molecule has 0 saturated carbocycles. The largest absolute Gasteiger partial charge is 0.465 e. The number of hydrogen-bond acceptors (Lipinski definition) is 5. The molecule has 1 rings (SSSR count). The Morgan fingerprint density at radius 2 is 1.76 bits per heavy atom. The van der Waals surface area contributed by atoms with Crippen LogP contribution in [0.1, 0.15) is 39.0 Å². The molecule has 0 N–H and O–H groups in total. The molecule has 5 heteroatoms. The van der Waals surface area contributed by atoms with Gasteiger partial charge in [0, 0.05) is 4.88 Å². The SMILES string of the molecule is CCOC(=O)C(CCc1cccs1)(C(=O)OCC)C(C)C. The second-order valence-corrected chi connectivity index (χ2v) is 6.18. The summed E-state index contributed by atoms with van der Waals surface area (Å²) in [5.74, 6) is -1.14. The van der Waals surface area contributed by atoms with Gasteiger partial charge in [-0.2, -0.15) is 0 Å². The Bertz CT molecular complexity index is 433. The first-order valence-electron chi connectivity index (χ1n) is 7.35. The van der Waals surface area contributed by atoms with Crippen LogP contribution in [-0.2, 0) is 25.5 Å². The standard InChI is InChI=1S/C16H24O4S/c1-5-19-14(17)16(12(3)4,15(18)20-6-2)10-9-13-8-7-11-21-13/h7-8,11-12H,5-6,9-10H2,1-4H3. The van der Waals surface area contributed by atoms with Crippen molar-refractivity contribution in [2.24, 2.45) is 11.3 Å². The number of thiophene rings is 1. The molecule has 0 saturated heterocycles. The van der Waals surface area contributed by atoms with Crippen LogP contribution in [0.4, 0.5) is 0 Å². The van der Waals surface area contributed by atoms with Gasteiger partial charge in [0.15, 0.2) is 5.41 Å². The number of carbonyl (C=O) groups excluding carboxylic acids is 2. The number of aryl methyl sites for hydroxylation is 1. The molecule has 118 valence electrons. The van der Waals surface area contributed by atoms with Gasteiger partial charge in [0.05, 0.1) is 13.2 Å².